The van der Waals surface area contributed by atoms with Crippen molar-refractivity contribution < 1.29 is 9.53 Å². The van der Waals surface area contributed by atoms with Crippen LogP contribution in [0.5, 0.6) is 5.75 Å². The number of aromatic nitrogens is 2. The van der Waals surface area contributed by atoms with Gasteiger partial charge in [-0.2, -0.15) is 0 Å². The predicted molar refractivity (Wildman–Crippen MR) is 92.9 cm³/mol. The Morgan fingerprint density at radius 1 is 1.08 bits per heavy atom. The van der Waals surface area contributed by atoms with Gasteiger partial charge in [-0.1, -0.05) is 17.7 Å². The lowest BCUT2D eigenvalue weighted by molar-refractivity contribution is 0.0735. The smallest absolute Gasteiger partial charge is 0.343 e. The van der Waals surface area contributed by atoms with E-state index in [1.54, 1.807) is 48.5 Å². The van der Waals surface area contributed by atoms with Crippen LogP contribution in [0.3, 0.4) is 0 Å². The average molecular weight is 340 g/mol. The van der Waals surface area contributed by atoms with Crippen LogP contribution in [0, 0.1) is 6.92 Å². The minimum Gasteiger partial charge on any atom is -0.423 e. The van der Waals surface area contributed by atoms with Crippen molar-refractivity contribution in [2.75, 3.05) is 5.32 Å². The van der Waals surface area contributed by atoms with Gasteiger partial charge in [0.05, 0.1) is 5.56 Å². The molecule has 2 aromatic carbocycles. The third-order valence-electron chi connectivity index (χ3n) is 3.20. The maximum absolute atomic E-state index is 12.1. The number of esters is 1. The Bertz CT molecular complexity index is 866. The molecule has 120 valence electrons. The fraction of sp³-hybridized carbons (Fsp3) is 0.0556. The number of hydrogen-bond donors (Lipinski definition) is 1. The molecule has 0 saturated heterocycles. The second-order valence-corrected chi connectivity index (χ2v) is 5.53. The summed E-state index contributed by atoms with van der Waals surface area (Å²) in [5.74, 6) is 0.695. The van der Waals surface area contributed by atoms with Crippen molar-refractivity contribution in [3.05, 3.63) is 77.2 Å². The van der Waals surface area contributed by atoms with Crippen LogP contribution >= 0.6 is 11.6 Å². The monoisotopic (exact) mass is 339 g/mol. The van der Waals surface area contributed by atoms with Crippen LogP contribution < -0.4 is 10.1 Å². The number of halogens is 1. The van der Waals surface area contributed by atoms with Gasteiger partial charge in [0.25, 0.3) is 0 Å². The number of hydrogen-bond acceptors (Lipinski definition) is 5. The van der Waals surface area contributed by atoms with E-state index < -0.39 is 5.97 Å². The quantitative estimate of drug-likeness (QED) is 0.563. The standard InChI is InChI=1S/C18H14ClN3O2/c1-12-9-17(21-11-20-12)22-15-5-7-16(8-6-15)24-18(23)13-3-2-4-14(19)10-13/h2-11H,1H3,(H,20,21,22). The number of carbonyl (C=O) groups excluding carboxylic acids is 1. The molecule has 0 aliphatic carbocycles. The molecule has 0 aliphatic heterocycles. The van der Waals surface area contributed by atoms with Crippen LogP contribution in [0.4, 0.5) is 11.5 Å². The maximum Gasteiger partial charge on any atom is 0.343 e. The van der Waals surface area contributed by atoms with E-state index in [-0.39, 0.29) is 0 Å². The molecule has 3 aromatic rings. The van der Waals surface area contributed by atoms with Gasteiger partial charge in [0.15, 0.2) is 0 Å². The number of ether oxygens (including phenoxy) is 1. The Kier molecular flexibility index (Phi) is 4.72. The highest BCUT2D eigenvalue weighted by Crippen LogP contribution is 2.20. The van der Waals surface area contributed by atoms with Crippen molar-refractivity contribution >= 4 is 29.1 Å². The molecule has 6 heteroatoms. The summed E-state index contributed by atoms with van der Waals surface area (Å²) < 4.78 is 5.33. The molecule has 0 aliphatic rings. The molecule has 5 nitrogen and oxygen atoms in total. The number of anilines is 2. The number of carbonyl (C=O) groups is 1. The van der Waals surface area contributed by atoms with Gasteiger partial charge >= 0.3 is 5.97 Å². The molecule has 0 spiro atoms. The zero-order chi connectivity index (χ0) is 16.9. The molecular formula is C18H14ClN3O2. The molecule has 0 atom stereocenters. The van der Waals surface area contributed by atoms with Crippen molar-refractivity contribution in [3.8, 4) is 5.75 Å². The lowest BCUT2D eigenvalue weighted by Gasteiger charge is -2.08. The first kappa shape index (κ1) is 16.0. The van der Waals surface area contributed by atoms with Crippen LogP contribution in [0.2, 0.25) is 5.02 Å². The molecule has 1 heterocycles. The van der Waals surface area contributed by atoms with Crippen LogP contribution in [-0.4, -0.2) is 15.9 Å². The van der Waals surface area contributed by atoms with E-state index in [2.05, 4.69) is 15.3 Å². The normalized spacial score (nSPS) is 10.2. The highest BCUT2D eigenvalue weighted by molar-refractivity contribution is 6.30. The van der Waals surface area contributed by atoms with Gasteiger partial charge < -0.3 is 10.1 Å². The zero-order valence-electron chi connectivity index (χ0n) is 12.9. The van der Waals surface area contributed by atoms with Crippen molar-refractivity contribution in [1.82, 2.24) is 9.97 Å². The minimum absolute atomic E-state index is 0.404. The summed E-state index contributed by atoms with van der Waals surface area (Å²) >= 11 is 5.87. The third-order valence-corrected chi connectivity index (χ3v) is 3.44. The van der Waals surface area contributed by atoms with Gasteiger partial charge in [-0.05, 0) is 49.4 Å². The SMILES string of the molecule is Cc1cc(Nc2ccc(OC(=O)c3cccc(Cl)c3)cc2)ncn1. The Labute approximate surface area is 144 Å². The average Bonchev–Trinajstić information content (AvgIpc) is 2.57. The lowest BCUT2D eigenvalue weighted by atomic mass is 10.2. The molecule has 1 N–H and O–H groups in total. The first-order valence-electron chi connectivity index (χ1n) is 7.24. The topological polar surface area (TPSA) is 64.1 Å². The van der Waals surface area contributed by atoms with Crippen LogP contribution in [-0.2, 0) is 0 Å². The minimum atomic E-state index is -0.454. The number of nitrogens with zero attached hydrogens (tertiary/aromatic N) is 2. The van der Waals surface area contributed by atoms with Gasteiger partial charge in [-0.3, -0.25) is 0 Å². The third kappa shape index (κ3) is 4.08. The summed E-state index contributed by atoms with van der Waals surface area (Å²) in [6, 6.07) is 15.5. The Hall–Kier alpha value is -2.92. The Morgan fingerprint density at radius 2 is 1.88 bits per heavy atom. The number of benzene rings is 2. The highest BCUT2D eigenvalue weighted by atomic mass is 35.5. The van der Waals surface area contributed by atoms with Crippen LogP contribution in [0.1, 0.15) is 16.1 Å². The van der Waals surface area contributed by atoms with Gasteiger partial charge in [0.1, 0.15) is 17.9 Å². The van der Waals surface area contributed by atoms with Gasteiger partial charge in [0, 0.05) is 22.5 Å². The van der Waals surface area contributed by atoms with Crippen molar-refractivity contribution in [1.29, 1.82) is 0 Å². The number of nitrogens with one attached hydrogen (secondary N) is 1. The molecule has 0 unspecified atom stereocenters. The van der Waals surface area contributed by atoms with Crippen molar-refractivity contribution in [3.63, 3.8) is 0 Å². The van der Waals surface area contributed by atoms with E-state index in [9.17, 15) is 4.79 Å². The fourth-order valence-electron chi connectivity index (χ4n) is 2.06. The number of rotatable bonds is 4. The molecule has 0 amide bonds. The van der Waals surface area contributed by atoms with E-state index in [1.807, 2.05) is 13.0 Å². The van der Waals surface area contributed by atoms with E-state index in [1.165, 1.54) is 6.33 Å². The highest BCUT2D eigenvalue weighted by Gasteiger charge is 2.09. The van der Waals surface area contributed by atoms with E-state index in [0.29, 0.717) is 22.2 Å². The molecule has 1 aromatic heterocycles. The van der Waals surface area contributed by atoms with Crippen LogP contribution in [0.25, 0.3) is 0 Å². The largest absolute Gasteiger partial charge is 0.423 e. The molecule has 0 fully saturated rings. The van der Waals surface area contributed by atoms with E-state index in [0.717, 1.165) is 11.4 Å². The van der Waals surface area contributed by atoms with E-state index >= 15 is 0 Å². The molecule has 0 saturated carbocycles. The Morgan fingerprint density at radius 3 is 2.58 bits per heavy atom. The summed E-state index contributed by atoms with van der Waals surface area (Å²) in [6.45, 7) is 1.89. The van der Waals surface area contributed by atoms with Crippen molar-refractivity contribution in [2.45, 2.75) is 6.92 Å². The maximum atomic E-state index is 12.1. The van der Waals surface area contributed by atoms with Crippen molar-refractivity contribution in [2.24, 2.45) is 0 Å². The summed E-state index contributed by atoms with van der Waals surface area (Å²) in [4.78, 5) is 20.2. The predicted octanol–water partition coefficient (Wildman–Crippen LogP) is 4.40. The second kappa shape index (κ2) is 7.10. The zero-order valence-corrected chi connectivity index (χ0v) is 13.6. The number of aryl methyl sites for hydroxylation is 1. The molecule has 0 radical (unpaired) electrons. The first-order valence-corrected chi connectivity index (χ1v) is 7.61. The summed E-state index contributed by atoms with van der Waals surface area (Å²) in [5.41, 5.74) is 2.11. The van der Waals surface area contributed by atoms with Gasteiger partial charge in [0.2, 0.25) is 0 Å². The Balaban J connectivity index is 1.67. The van der Waals surface area contributed by atoms with E-state index in [4.69, 9.17) is 16.3 Å². The first-order chi connectivity index (χ1) is 11.6. The van der Waals surface area contributed by atoms with Crippen LogP contribution in [0.15, 0.2) is 60.9 Å². The summed E-state index contributed by atoms with van der Waals surface area (Å²) in [5, 5.41) is 3.65. The fourth-order valence-corrected chi connectivity index (χ4v) is 2.25. The molecular weight excluding hydrogens is 326 g/mol. The second-order valence-electron chi connectivity index (χ2n) is 5.09. The van der Waals surface area contributed by atoms with Gasteiger partial charge in [-0.15, -0.1) is 0 Å². The summed E-state index contributed by atoms with van der Waals surface area (Å²) in [6.07, 6.45) is 1.50. The molecule has 24 heavy (non-hydrogen) atoms. The summed E-state index contributed by atoms with van der Waals surface area (Å²) in [7, 11) is 0. The molecule has 0 bridgehead atoms. The lowest BCUT2D eigenvalue weighted by Crippen LogP contribution is -2.08. The molecule has 3 rings (SSSR count). The van der Waals surface area contributed by atoms with Gasteiger partial charge in [-0.25, -0.2) is 14.8 Å².